The second kappa shape index (κ2) is 4.89. The van der Waals surface area contributed by atoms with Gasteiger partial charge in [0, 0.05) is 10.8 Å². The Hall–Kier alpha value is -1.22. The van der Waals surface area contributed by atoms with Crippen molar-refractivity contribution in [2.75, 3.05) is 0 Å². The lowest BCUT2D eigenvalue weighted by atomic mass is 9.67. The monoisotopic (exact) mass is 327 g/mol. The number of benzene rings is 1. The van der Waals surface area contributed by atoms with E-state index >= 15 is 0 Å². The van der Waals surface area contributed by atoms with Gasteiger partial charge in [0.2, 0.25) is 5.91 Å². The Morgan fingerprint density at radius 1 is 1.22 bits per heavy atom. The number of carbonyl (C=O) groups excluding carboxylic acids is 1. The summed E-state index contributed by atoms with van der Waals surface area (Å²) < 4.78 is 0.158. The number of nitrogens with zero attached hydrogens (tertiary/aromatic N) is 1. The molecule has 3 aliphatic rings. The highest BCUT2D eigenvalue weighted by Crippen LogP contribution is 2.65. The molecule has 23 heavy (non-hydrogen) atoms. The smallest absolute Gasteiger partial charge is 0.233 e. The highest BCUT2D eigenvalue weighted by atomic mass is 32.2. The molecule has 0 N–H and O–H groups in total. The van der Waals surface area contributed by atoms with Gasteiger partial charge >= 0.3 is 0 Å². The summed E-state index contributed by atoms with van der Waals surface area (Å²) in [7, 11) is 0. The summed E-state index contributed by atoms with van der Waals surface area (Å²) in [6.07, 6.45) is 4.25. The van der Waals surface area contributed by atoms with Crippen LogP contribution in [-0.2, 0) is 11.2 Å². The summed E-state index contributed by atoms with van der Waals surface area (Å²) in [6, 6.07) is 11.0. The van der Waals surface area contributed by atoms with Crippen LogP contribution < -0.4 is 0 Å². The van der Waals surface area contributed by atoms with Crippen molar-refractivity contribution in [2.24, 2.45) is 11.3 Å². The van der Waals surface area contributed by atoms with E-state index < -0.39 is 0 Å². The van der Waals surface area contributed by atoms with Gasteiger partial charge in [-0.15, -0.1) is 11.8 Å². The maximum atomic E-state index is 13.1. The van der Waals surface area contributed by atoms with Crippen LogP contribution in [-0.4, -0.2) is 27.0 Å². The van der Waals surface area contributed by atoms with Gasteiger partial charge in [-0.05, 0) is 45.1 Å². The number of β-lactam (4-membered cyclic amide) rings is 1. The Balaban J connectivity index is 1.58. The second-order valence-corrected chi connectivity index (χ2v) is 9.60. The van der Waals surface area contributed by atoms with Crippen LogP contribution in [0, 0.1) is 11.3 Å². The van der Waals surface area contributed by atoms with Crippen molar-refractivity contribution in [3.63, 3.8) is 0 Å². The van der Waals surface area contributed by atoms with Gasteiger partial charge in [-0.1, -0.05) is 48.9 Å². The molecular formula is C20H25NOS. The Morgan fingerprint density at radius 2 is 1.91 bits per heavy atom. The number of rotatable bonds is 2. The molecule has 122 valence electrons. The van der Waals surface area contributed by atoms with E-state index in [1.165, 1.54) is 11.1 Å². The third-order valence-electron chi connectivity index (χ3n) is 6.45. The quantitative estimate of drug-likeness (QED) is 0.597. The summed E-state index contributed by atoms with van der Waals surface area (Å²) in [5.74, 6) is 0.741. The molecule has 2 unspecified atom stereocenters. The number of hydrogen-bond acceptors (Lipinski definition) is 2. The lowest BCUT2D eigenvalue weighted by Crippen LogP contribution is -2.68. The molecule has 0 saturated carbocycles. The minimum atomic E-state index is -0.170. The van der Waals surface area contributed by atoms with E-state index in [0.717, 1.165) is 12.8 Å². The number of fused-ring (bicyclic) bond motifs is 2. The first-order valence-electron chi connectivity index (χ1n) is 8.61. The molecule has 1 aromatic rings. The van der Waals surface area contributed by atoms with E-state index in [9.17, 15) is 4.79 Å². The van der Waals surface area contributed by atoms with Crippen LogP contribution in [0.2, 0.25) is 0 Å². The normalized spacial score (nSPS) is 37.7. The fourth-order valence-electron chi connectivity index (χ4n) is 4.52. The maximum absolute atomic E-state index is 13.1. The van der Waals surface area contributed by atoms with Gasteiger partial charge in [0.15, 0.2) is 0 Å². The van der Waals surface area contributed by atoms with Crippen molar-refractivity contribution in [1.29, 1.82) is 0 Å². The third kappa shape index (κ3) is 1.92. The predicted molar refractivity (Wildman–Crippen MR) is 96.2 cm³/mol. The van der Waals surface area contributed by atoms with Crippen LogP contribution in [0.4, 0.5) is 0 Å². The van der Waals surface area contributed by atoms with Gasteiger partial charge < -0.3 is 4.90 Å². The minimum absolute atomic E-state index is 0.158. The standard InChI is InChI=1S/C20H25NOS/c1-13-16(12-15-8-6-5-7-9-15)10-11-20(13)17(22)21-14(2)19(3,4)23-18(20)21/h5-10,13-14,18H,11-12H2,1-4H3/t13?,14-,18+,20?/m0/s1. The molecule has 2 saturated heterocycles. The Labute approximate surface area is 143 Å². The van der Waals surface area contributed by atoms with Gasteiger partial charge in [-0.25, -0.2) is 0 Å². The topological polar surface area (TPSA) is 20.3 Å². The zero-order valence-corrected chi connectivity index (χ0v) is 15.2. The molecule has 0 bridgehead atoms. The molecule has 0 aromatic heterocycles. The fourth-order valence-corrected chi connectivity index (χ4v) is 6.41. The number of carbonyl (C=O) groups is 1. The summed E-state index contributed by atoms with van der Waals surface area (Å²) in [4.78, 5) is 15.2. The summed E-state index contributed by atoms with van der Waals surface area (Å²) in [5.41, 5.74) is 2.62. The molecular weight excluding hydrogens is 302 g/mol. The Morgan fingerprint density at radius 3 is 2.61 bits per heavy atom. The fraction of sp³-hybridized carbons (Fsp3) is 0.550. The zero-order chi connectivity index (χ0) is 16.4. The van der Waals surface area contributed by atoms with Crippen LogP contribution in [0.5, 0.6) is 0 Å². The molecule has 2 heterocycles. The number of amides is 1. The second-order valence-electron chi connectivity index (χ2n) is 7.87. The van der Waals surface area contributed by atoms with Gasteiger partial charge in [-0.3, -0.25) is 4.79 Å². The average Bonchev–Trinajstić information content (AvgIpc) is 2.96. The van der Waals surface area contributed by atoms with Crippen molar-refractivity contribution >= 4 is 17.7 Å². The molecule has 4 rings (SSSR count). The van der Waals surface area contributed by atoms with E-state index in [4.69, 9.17) is 0 Å². The van der Waals surface area contributed by atoms with Gasteiger partial charge in [0.05, 0.1) is 10.8 Å². The highest BCUT2D eigenvalue weighted by molar-refractivity contribution is 8.01. The average molecular weight is 327 g/mol. The molecule has 0 radical (unpaired) electrons. The van der Waals surface area contributed by atoms with Crippen LogP contribution >= 0.6 is 11.8 Å². The van der Waals surface area contributed by atoms with Crippen LogP contribution in [0.15, 0.2) is 42.0 Å². The van der Waals surface area contributed by atoms with Crippen molar-refractivity contribution in [2.45, 2.75) is 56.7 Å². The first-order valence-corrected chi connectivity index (χ1v) is 9.49. The summed E-state index contributed by atoms with van der Waals surface area (Å²) in [5, 5.41) is 0.361. The highest BCUT2D eigenvalue weighted by Gasteiger charge is 2.71. The summed E-state index contributed by atoms with van der Waals surface area (Å²) >= 11 is 2.01. The Kier molecular flexibility index (Phi) is 3.26. The van der Waals surface area contributed by atoms with Gasteiger partial charge in [0.1, 0.15) is 0 Å². The number of allylic oxidation sites excluding steroid dienone is 2. The first-order chi connectivity index (χ1) is 10.9. The number of hydrogen-bond donors (Lipinski definition) is 0. The van der Waals surface area contributed by atoms with E-state index in [1.54, 1.807) is 0 Å². The SMILES string of the molecule is CC1C(Cc2ccccc2)=CCC12C(=O)N1[C@@H](C)C(C)(C)S[C@@H]12. The largest absolute Gasteiger partial charge is 0.325 e. The van der Waals surface area contributed by atoms with Crippen LogP contribution in [0.1, 0.15) is 39.7 Å². The Bertz CT molecular complexity index is 680. The van der Waals surface area contributed by atoms with Crippen LogP contribution in [0.25, 0.3) is 0 Å². The van der Waals surface area contributed by atoms with E-state index in [-0.39, 0.29) is 10.2 Å². The van der Waals surface area contributed by atoms with Gasteiger partial charge in [-0.2, -0.15) is 0 Å². The maximum Gasteiger partial charge on any atom is 0.233 e. The molecule has 4 atom stereocenters. The summed E-state index contributed by atoms with van der Waals surface area (Å²) in [6.45, 7) is 9.03. The third-order valence-corrected chi connectivity index (χ3v) is 8.27. The van der Waals surface area contributed by atoms with Crippen molar-refractivity contribution in [1.82, 2.24) is 4.90 Å². The van der Waals surface area contributed by atoms with Gasteiger partial charge in [0.25, 0.3) is 0 Å². The van der Waals surface area contributed by atoms with E-state index in [0.29, 0.717) is 23.2 Å². The first kappa shape index (κ1) is 15.3. The molecule has 1 spiro atoms. The van der Waals surface area contributed by atoms with Crippen LogP contribution in [0.3, 0.4) is 0 Å². The molecule has 1 amide bonds. The molecule has 1 aliphatic carbocycles. The minimum Gasteiger partial charge on any atom is -0.325 e. The molecule has 2 nitrogen and oxygen atoms in total. The lowest BCUT2D eigenvalue weighted by Gasteiger charge is -2.54. The van der Waals surface area contributed by atoms with E-state index in [2.05, 4.69) is 69.0 Å². The van der Waals surface area contributed by atoms with Crippen molar-refractivity contribution in [3.05, 3.63) is 47.5 Å². The molecule has 2 aliphatic heterocycles. The van der Waals surface area contributed by atoms with E-state index in [1.807, 2.05) is 11.8 Å². The zero-order valence-electron chi connectivity index (χ0n) is 14.4. The predicted octanol–water partition coefficient (Wildman–Crippen LogP) is 4.26. The van der Waals surface area contributed by atoms with Crippen molar-refractivity contribution in [3.8, 4) is 0 Å². The molecule has 3 heteroatoms. The molecule has 2 fully saturated rings. The number of thioether (sulfide) groups is 1. The van der Waals surface area contributed by atoms with Crippen molar-refractivity contribution < 1.29 is 4.79 Å². The molecule has 1 aromatic carbocycles. The lowest BCUT2D eigenvalue weighted by molar-refractivity contribution is -0.169.